The van der Waals surface area contributed by atoms with Crippen molar-refractivity contribution in [2.45, 2.75) is 11.8 Å². The fourth-order valence-electron chi connectivity index (χ4n) is 2.45. The van der Waals surface area contributed by atoms with Gasteiger partial charge >= 0.3 is 11.9 Å². The molecule has 7 heteroatoms. The Morgan fingerprint density at radius 3 is 2.26 bits per heavy atom. The van der Waals surface area contributed by atoms with Gasteiger partial charge < -0.3 is 14.8 Å². The van der Waals surface area contributed by atoms with Gasteiger partial charge in [0.15, 0.2) is 0 Å². The molecular formula is C20H21NO5S. The minimum absolute atomic E-state index is 0.0640. The van der Waals surface area contributed by atoms with Gasteiger partial charge in [0.25, 0.3) is 0 Å². The van der Waals surface area contributed by atoms with Gasteiger partial charge in [0.2, 0.25) is 0 Å². The molecule has 2 aromatic carbocycles. The molecule has 1 unspecified atom stereocenters. The Bertz CT molecular complexity index is 891. The molecule has 0 aromatic heterocycles. The van der Waals surface area contributed by atoms with Gasteiger partial charge in [0.05, 0.1) is 31.1 Å². The van der Waals surface area contributed by atoms with Crippen molar-refractivity contribution in [2.24, 2.45) is 0 Å². The molecule has 0 amide bonds. The predicted molar refractivity (Wildman–Crippen MR) is 105 cm³/mol. The van der Waals surface area contributed by atoms with E-state index in [4.69, 9.17) is 4.74 Å². The molecule has 0 aliphatic carbocycles. The van der Waals surface area contributed by atoms with Gasteiger partial charge in [-0.1, -0.05) is 43.3 Å². The summed E-state index contributed by atoms with van der Waals surface area (Å²) in [5, 5.41) is 2.93. The highest BCUT2D eigenvalue weighted by Crippen LogP contribution is 2.33. The molecular weight excluding hydrogens is 366 g/mol. The van der Waals surface area contributed by atoms with E-state index >= 15 is 0 Å². The van der Waals surface area contributed by atoms with Crippen LogP contribution in [-0.2, 0) is 29.9 Å². The maximum absolute atomic E-state index is 12.4. The second-order valence-electron chi connectivity index (χ2n) is 5.37. The second-order valence-corrected chi connectivity index (χ2v) is 7.08. The highest BCUT2D eigenvalue weighted by molar-refractivity contribution is 7.85. The molecule has 27 heavy (non-hydrogen) atoms. The molecule has 1 atom stereocenters. The third-order valence-electron chi connectivity index (χ3n) is 3.75. The van der Waals surface area contributed by atoms with Crippen molar-refractivity contribution in [2.75, 3.05) is 25.3 Å². The van der Waals surface area contributed by atoms with Crippen molar-refractivity contribution in [3.63, 3.8) is 0 Å². The molecule has 0 aliphatic heterocycles. The van der Waals surface area contributed by atoms with Crippen LogP contribution in [0.2, 0.25) is 0 Å². The SMILES string of the molecule is CCS(=O)c1ccccc1-c1ccccc1N/C(=C/C(=O)OC)C(=O)OC. The van der Waals surface area contributed by atoms with Crippen molar-refractivity contribution in [3.05, 3.63) is 60.3 Å². The number of hydrogen-bond acceptors (Lipinski definition) is 6. The zero-order valence-electron chi connectivity index (χ0n) is 15.4. The molecule has 6 nitrogen and oxygen atoms in total. The molecule has 142 valence electrons. The monoisotopic (exact) mass is 387 g/mol. The lowest BCUT2D eigenvalue weighted by Crippen LogP contribution is -2.16. The van der Waals surface area contributed by atoms with Crippen molar-refractivity contribution < 1.29 is 23.3 Å². The smallest absolute Gasteiger partial charge is 0.354 e. The topological polar surface area (TPSA) is 81.7 Å². The summed E-state index contributed by atoms with van der Waals surface area (Å²) >= 11 is 0. The van der Waals surface area contributed by atoms with Gasteiger partial charge in [-0.2, -0.15) is 0 Å². The number of rotatable bonds is 7. The number of anilines is 1. The fraction of sp³-hybridized carbons (Fsp3) is 0.200. The van der Waals surface area contributed by atoms with Crippen molar-refractivity contribution in [1.29, 1.82) is 0 Å². The number of methoxy groups -OCH3 is 2. The number of nitrogens with one attached hydrogen (secondary N) is 1. The standard InChI is InChI=1S/C20H21NO5S/c1-4-27(24)18-12-8-6-10-15(18)14-9-5-7-11-16(14)21-17(20(23)26-3)13-19(22)25-2/h5-13,21H,4H2,1-3H3/b17-13+. The first-order chi connectivity index (χ1) is 13.0. The molecule has 0 spiro atoms. The number of para-hydroxylation sites is 1. The Morgan fingerprint density at radius 1 is 1.00 bits per heavy atom. The second kappa shape index (κ2) is 9.68. The van der Waals surface area contributed by atoms with Crippen LogP contribution >= 0.6 is 0 Å². The molecule has 0 aliphatic rings. The summed E-state index contributed by atoms with van der Waals surface area (Å²) in [5.74, 6) is -0.907. The van der Waals surface area contributed by atoms with Crippen LogP contribution in [-0.4, -0.2) is 36.1 Å². The molecule has 1 N–H and O–H groups in total. The average Bonchev–Trinajstić information content (AvgIpc) is 2.72. The summed E-state index contributed by atoms with van der Waals surface area (Å²) in [7, 11) is 1.29. The van der Waals surface area contributed by atoms with Crippen LogP contribution < -0.4 is 5.32 Å². The Hall–Kier alpha value is -2.93. The summed E-state index contributed by atoms with van der Waals surface area (Å²) in [6.07, 6.45) is 1.03. The first-order valence-electron chi connectivity index (χ1n) is 8.23. The number of carbonyl (C=O) groups is 2. The van der Waals surface area contributed by atoms with E-state index in [9.17, 15) is 13.8 Å². The molecule has 0 fully saturated rings. The minimum Gasteiger partial charge on any atom is -0.466 e. The Kier molecular flexibility index (Phi) is 7.31. The van der Waals surface area contributed by atoms with E-state index in [2.05, 4.69) is 10.1 Å². The maximum atomic E-state index is 12.4. The highest BCUT2D eigenvalue weighted by Gasteiger charge is 2.17. The maximum Gasteiger partial charge on any atom is 0.354 e. The number of ether oxygens (including phenoxy) is 2. The molecule has 0 saturated carbocycles. The van der Waals surface area contributed by atoms with E-state index in [1.54, 1.807) is 12.1 Å². The van der Waals surface area contributed by atoms with Crippen molar-refractivity contribution in [3.8, 4) is 11.1 Å². The van der Waals surface area contributed by atoms with Crippen LogP contribution in [0.25, 0.3) is 11.1 Å². The summed E-state index contributed by atoms with van der Waals surface area (Å²) in [5.41, 5.74) is 2.03. The van der Waals surface area contributed by atoms with E-state index in [1.165, 1.54) is 14.2 Å². The fourth-order valence-corrected chi connectivity index (χ4v) is 3.41. The van der Waals surface area contributed by atoms with Gasteiger partial charge in [-0.05, 0) is 17.7 Å². The number of esters is 2. The Morgan fingerprint density at radius 2 is 1.63 bits per heavy atom. The summed E-state index contributed by atoms with van der Waals surface area (Å²) in [6.45, 7) is 1.85. The Balaban J connectivity index is 2.53. The lowest BCUT2D eigenvalue weighted by Gasteiger charge is -2.15. The number of hydrogen-bond donors (Lipinski definition) is 1. The Labute approximate surface area is 160 Å². The lowest BCUT2D eigenvalue weighted by atomic mass is 10.0. The zero-order chi connectivity index (χ0) is 19.8. The van der Waals surface area contributed by atoms with Crippen molar-refractivity contribution >= 4 is 28.4 Å². The van der Waals surface area contributed by atoms with Crippen LogP contribution in [0.15, 0.2) is 65.2 Å². The van der Waals surface area contributed by atoms with Gasteiger partial charge in [-0.15, -0.1) is 0 Å². The van der Waals surface area contributed by atoms with Crippen LogP contribution in [0.1, 0.15) is 6.92 Å². The van der Waals surface area contributed by atoms with Crippen LogP contribution in [0.4, 0.5) is 5.69 Å². The van der Waals surface area contributed by atoms with E-state index in [-0.39, 0.29) is 5.70 Å². The molecule has 0 heterocycles. The van der Waals surface area contributed by atoms with Crippen LogP contribution in [0.3, 0.4) is 0 Å². The zero-order valence-corrected chi connectivity index (χ0v) is 16.2. The molecule has 0 bridgehead atoms. The first-order valence-corrected chi connectivity index (χ1v) is 9.55. The third-order valence-corrected chi connectivity index (χ3v) is 5.12. The lowest BCUT2D eigenvalue weighted by molar-refractivity contribution is -0.138. The van der Waals surface area contributed by atoms with E-state index < -0.39 is 22.7 Å². The molecule has 0 radical (unpaired) electrons. The first kappa shape index (κ1) is 20.4. The average molecular weight is 387 g/mol. The van der Waals surface area contributed by atoms with E-state index in [0.717, 1.165) is 17.2 Å². The highest BCUT2D eigenvalue weighted by atomic mass is 32.2. The van der Waals surface area contributed by atoms with Gasteiger partial charge in [-0.3, -0.25) is 4.21 Å². The summed E-state index contributed by atoms with van der Waals surface area (Å²) in [6, 6.07) is 14.6. The van der Waals surface area contributed by atoms with Gasteiger partial charge in [0.1, 0.15) is 5.70 Å². The van der Waals surface area contributed by atoms with Gasteiger partial charge in [-0.25, -0.2) is 9.59 Å². The van der Waals surface area contributed by atoms with Crippen LogP contribution in [0, 0.1) is 0 Å². The normalized spacial score (nSPS) is 12.2. The quantitative estimate of drug-likeness (QED) is 0.581. The van der Waals surface area contributed by atoms with Gasteiger partial charge in [0, 0.05) is 21.9 Å². The minimum atomic E-state index is -1.15. The van der Waals surface area contributed by atoms with E-state index in [0.29, 0.717) is 16.3 Å². The number of benzene rings is 2. The largest absolute Gasteiger partial charge is 0.466 e. The molecule has 0 saturated heterocycles. The van der Waals surface area contributed by atoms with Crippen molar-refractivity contribution in [1.82, 2.24) is 0 Å². The molecule has 2 rings (SSSR count). The third kappa shape index (κ3) is 5.04. The predicted octanol–water partition coefficient (Wildman–Crippen LogP) is 3.12. The number of carbonyl (C=O) groups excluding carboxylic acids is 2. The molecule has 2 aromatic rings. The summed E-state index contributed by atoms with van der Waals surface area (Å²) < 4.78 is 21.7. The van der Waals surface area contributed by atoms with Crippen LogP contribution in [0.5, 0.6) is 0 Å². The summed E-state index contributed by atoms with van der Waals surface area (Å²) in [4.78, 5) is 24.3. The van der Waals surface area contributed by atoms with E-state index in [1.807, 2.05) is 43.3 Å².